The zero-order chi connectivity index (χ0) is 11.3. The van der Waals surface area contributed by atoms with Crippen LogP contribution in [0.15, 0.2) is 24.3 Å². The van der Waals surface area contributed by atoms with Crippen LogP contribution in [0, 0.1) is 10.1 Å². The summed E-state index contributed by atoms with van der Waals surface area (Å²) in [7, 11) is 0. The Kier molecular flexibility index (Phi) is 3.87. The van der Waals surface area contributed by atoms with E-state index in [4.69, 9.17) is 10.2 Å². The van der Waals surface area contributed by atoms with E-state index in [-0.39, 0.29) is 12.2 Å². The SMILES string of the molecule is O=[N+]([O-])OC(O)CCc1ccc(O)cc1. The molecule has 0 aliphatic heterocycles. The minimum absolute atomic E-state index is 0.131. The Hall–Kier alpha value is -1.82. The fourth-order valence-corrected chi connectivity index (χ4v) is 1.10. The molecule has 0 amide bonds. The number of hydrogen-bond donors (Lipinski definition) is 2. The van der Waals surface area contributed by atoms with Gasteiger partial charge in [-0.05, 0) is 24.1 Å². The first-order chi connectivity index (χ1) is 7.08. The predicted molar refractivity (Wildman–Crippen MR) is 50.5 cm³/mol. The molecule has 0 aliphatic carbocycles. The zero-order valence-electron chi connectivity index (χ0n) is 7.87. The maximum atomic E-state index is 9.86. The lowest BCUT2D eigenvalue weighted by molar-refractivity contribution is -0.780. The predicted octanol–water partition coefficient (Wildman–Crippen LogP) is 0.851. The summed E-state index contributed by atoms with van der Waals surface area (Å²) in [4.78, 5) is 13.8. The van der Waals surface area contributed by atoms with Gasteiger partial charge in [-0.3, -0.25) is 4.84 Å². The molecule has 0 fully saturated rings. The Morgan fingerprint density at radius 3 is 2.53 bits per heavy atom. The van der Waals surface area contributed by atoms with Gasteiger partial charge in [-0.1, -0.05) is 12.1 Å². The minimum Gasteiger partial charge on any atom is -0.508 e. The van der Waals surface area contributed by atoms with Crippen LogP contribution in [0.25, 0.3) is 0 Å². The van der Waals surface area contributed by atoms with Crippen LogP contribution in [0.5, 0.6) is 5.75 Å². The standard InChI is InChI=1S/C9H11NO5/c11-8-4-1-7(2-5-8)3-6-9(12)15-10(13)14/h1-2,4-5,9,11-12H,3,6H2. The van der Waals surface area contributed by atoms with Crippen LogP contribution in [0.3, 0.4) is 0 Å². The molecular weight excluding hydrogens is 202 g/mol. The summed E-state index contributed by atoms with van der Waals surface area (Å²) >= 11 is 0. The van der Waals surface area contributed by atoms with E-state index in [0.717, 1.165) is 5.56 Å². The van der Waals surface area contributed by atoms with E-state index in [2.05, 4.69) is 4.84 Å². The monoisotopic (exact) mass is 213 g/mol. The number of rotatable bonds is 5. The van der Waals surface area contributed by atoms with Crippen molar-refractivity contribution >= 4 is 0 Å². The van der Waals surface area contributed by atoms with Gasteiger partial charge < -0.3 is 10.2 Å². The average Bonchev–Trinajstić information content (AvgIpc) is 2.16. The van der Waals surface area contributed by atoms with Gasteiger partial charge in [0.1, 0.15) is 5.75 Å². The highest BCUT2D eigenvalue weighted by Crippen LogP contribution is 2.12. The lowest BCUT2D eigenvalue weighted by Crippen LogP contribution is -2.16. The number of aliphatic hydroxyl groups excluding tert-OH is 1. The molecule has 0 bridgehead atoms. The number of aliphatic hydroxyl groups is 1. The molecule has 0 aliphatic rings. The van der Waals surface area contributed by atoms with Crippen molar-refractivity contribution in [2.45, 2.75) is 19.1 Å². The number of aryl methyl sites for hydroxylation is 1. The zero-order valence-corrected chi connectivity index (χ0v) is 7.87. The van der Waals surface area contributed by atoms with E-state index in [9.17, 15) is 10.1 Å². The normalized spacial score (nSPS) is 12.1. The molecule has 0 radical (unpaired) electrons. The highest BCUT2D eigenvalue weighted by Gasteiger charge is 2.08. The first-order valence-corrected chi connectivity index (χ1v) is 4.35. The fraction of sp³-hybridized carbons (Fsp3) is 0.333. The molecule has 6 heteroatoms. The third-order valence-corrected chi connectivity index (χ3v) is 1.82. The number of phenolic OH excluding ortho intramolecular Hbond substituents is 1. The molecule has 2 N–H and O–H groups in total. The number of benzene rings is 1. The van der Waals surface area contributed by atoms with Gasteiger partial charge in [-0.25, -0.2) is 0 Å². The van der Waals surface area contributed by atoms with Crippen molar-refractivity contribution in [3.8, 4) is 5.75 Å². The van der Waals surface area contributed by atoms with Crippen LogP contribution >= 0.6 is 0 Å². The van der Waals surface area contributed by atoms with Crippen molar-refractivity contribution in [3.05, 3.63) is 39.9 Å². The molecule has 0 saturated heterocycles. The van der Waals surface area contributed by atoms with Crippen LogP contribution in [-0.2, 0) is 11.3 Å². The Morgan fingerprint density at radius 1 is 1.40 bits per heavy atom. The van der Waals surface area contributed by atoms with Gasteiger partial charge in [0.05, 0.1) is 0 Å². The van der Waals surface area contributed by atoms with Gasteiger partial charge in [0.15, 0.2) is 0 Å². The second-order valence-electron chi connectivity index (χ2n) is 2.99. The molecule has 82 valence electrons. The molecule has 0 spiro atoms. The molecule has 1 aromatic rings. The fourth-order valence-electron chi connectivity index (χ4n) is 1.10. The van der Waals surface area contributed by atoms with Crippen molar-refractivity contribution in [1.82, 2.24) is 0 Å². The molecule has 1 atom stereocenters. The molecule has 6 nitrogen and oxygen atoms in total. The Balaban J connectivity index is 2.36. The Labute approximate surface area is 85.8 Å². The first kappa shape index (κ1) is 11.3. The Morgan fingerprint density at radius 2 is 2.00 bits per heavy atom. The molecule has 15 heavy (non-hydrogen) atoms. The van der Waals surface area contributed by atoms with Crippen molar-refractivity contribution in [3.63, 3.8) is 0 Å². The van der Waals surface area contributed by atoms with Gasteiger partial charge in [-0.2, -0.15) is 0 Å². The van der Waals surface area contributed by atoms with Crippen molar-refractivity contribution in [1.29, 1.82) is 0 Å². The maximum absolute atomic E-state index is 9.86. The first-order valence-electron chi connectivity index (χ1n) is 4.35. The van der Waals surface area contributed by atoms with Crippen LogP contribution < -0.4 is 0 Å². The molecule has 1 aromatic carbocycles. The Bertz CT molecular complexity index is 324. The van der Waals surface area contributed by atoms with Gasteiger partial charge in [-0.15, -0.1) is 10.1 Å². The smallest absolute Gasteiger partial charge is 0.297 e. The van der Waals surface area contributed by atoms with Gasteiger partial charge in [0.25, 0.3) is 5.09 Å². The summed E-state index contributed by atoms with van der Waals surface area (Å²) in [5.74, 6) is 0.154. The molecule has 1 unspecified atom stereocenters. The minimum atomic E-state index is -1.41. The average molecular weight is 213 g/mol. The van der Waals surface area contributed by atoms with E-state index >= 15 is 0 Å². The van der Waals surface area contributed by atoms with Crippen molar-refractivity contribution in [2.75, 3.05) is 0 Å². The topological polar surface area (TPSA) is 92.8 Å². The second-order valence-corrected chi connectivity index (χ2v) is 2.99. The highest BCUT2D eigenvalue weighted by atomic mass is 17.0. The van der Waals surface area contributed by atoms with E-state index in [0.29, 0.717) is 6.42 Å². The molecule has 0 heterocycles. The van der Waals surface area contributed by atoms with Crippen LogP contribution in [-0.4, -0.2) is 21.6 Å². The van der Waals surface area contributed by atoms with Gasteiger partial charge in [0.2, 0.25) is 6.29 Å². The number of hydrogen-bond acceptors (Lipinski definition) is 5. The van der Waals surface area contributed by atoms with Crippen molar-refractivity contribution in [2.24, 2.45) is 0 Å². The molecule has 1 rings (SSSR count). The lowest BCUT2D eigenvalue weighted by atomic mass is 10.1. The maximum Gasteiger partial charge on any atom is 0.297 e. The third-order valence-electron chi connectivity index (χ3n) is 1.82. The highest BCUT2D eigenvalue weighted by molar-refractivity contribution is 5.25. The summed E-state index contributed by atoms with van der Waals surface area (Å²) in [6, 6.07) is 6.37. The van der Waals surface area contributed by atoms with E-state index in [1.165, 1.54) is 12.1 Å². The third kappa shape index (κ3) is 4.28. The summed E-state index contributed by atoms with van der Waals surface area (Å²) in [5.41, 5.74) is 0.860. The van der Waals surface area contributed by atoms with Crippen LogP contribution in [0.1, 0.15) is 12.0 Å². The number of nitrogens with zero attached hydrogens (tertiary/aromatic N) is 1. The van der Waals surface area contributed by atoms with E-state index in [1.54, 1.807) is 12.1 Å². The summed E-state index contributed by atoms with van der Waals surface area (Å²) in [6.45, 7) is 0. The molecule has 0 saturated carbocycles. The van der Waals surface area contributed by atoms with Gasteiger partial charge >= 0.3 is 0 Å². The number of aromatic hydroxyl groups is 1. The van der Waals surface area contributed by atoms with E-state index < -0.39 is 11.4 Å². The molecule has 0 aromatic heterocycles. The number of phenols is 1. The van der Waals surface area contributed by atoms with Gasteiger partial charge in [0, 0.05) is 6.42 Å². The second kappa shape index (κ2) is 5.16. The van der Waals surface area contributed by atoms with Crippen LogP contribution in [0.4, 0.5) is 0 Å². The summed E-state index contributed by atoms with van der Waals surface area (Å²) in [6.07, 6.45) is -0.838. The summed E-state index contributed by atoms with van der Waals surface area (Å²) < 4.78 is 0. The van der Waals surface area contributed by atoms with E-state index in [1.807, 2.05) is 0 Å². The van der Waals surface area contributed by atoms with Crippen molar-refractivity contribution < 1.29 is 20.1 Å². The summed E-state index contributed by atoms with van der Waals surface area (Å²) in [5, 5.41) is 26.8. The molecular formula is C9H11NO5. The lowest BCUT2D eigenvalue weighted by Gasteiger charge is -2.07. The quantitative estimate of drug-likeness (QED) is 0.429. The van der Waals surface area contributed by atoms with Crippen LogP contribution in [0.2, 0.25) is 0 Å². The largest absolute Gasteiger partial charge is 0.508 e.